The fraction of sp³-hybridized carbons (Fsp3) is 0.267. The van der Waals surface area contributed by atoms with Crippen molar-refractivity contribution in [3.63, 3.8) is 0 Å². The first-order chi connectivity index (χ1) is 9.33. The Morgan fingerprint density at radius 3 is 3.11 bits per heavy atom. The lowest BCUT2D eigenvalue weighted by Gasteiger charge is -2.13. The maximum absolute atomic E-state index is 5.53. The molecule has 0 radical (unpaired) electrons. The van der Waals surface area contributed by atoms with E-state index in [1.165, 1.54) is 10.9 Å². The highest BCUT2D eigenvalue weighted by Gasteiger charge is 2.07. The van der Waals surface area contributed by atoms with Crippen molar-refractivity contribution in [2.24, 2.45) is 0 Å². The fourth-order valence-electron chi connectivity index (χ4n) is 2.23. The molecule has 4 nitrogen and oxygen atoms in total. The number of aromatic nitrogens is 2. The smallest absolute Gasteiger partial charge is 0.134 e. The molecule has 0 aliphatic heterocycles. The molecule has 0 saturated carbocycles. The van der Waals surface area contributed by atoms with Gasteiger partial charge in [-0.05, 0) is 13.0 Å². The van der Waals surface area contributed by atoms with E-state index in [0.717, 1.165) is 18.7 Å². The molecule has 2 aromatic heterocycles. The lowest BCUT2D eigenvalue weighted by Crippen LogP contribution is -2.29. The second-order valence-corrected chi connectivity index (χ2v) is 4.80. The summed E-state index contributed by atoms with van der Waals surface area (Å²) in [6.07, 6.45) is 7.45. The Morgan fingerprint density at radius 1 is 1.37 bits per heavy atom. The van der Waals surface area contributed by atoms with Crippen molar-refractivity contribution in [2.75, 3.05) is 0 Å². The first kappa shape index (κ1) is 12.0. The SMILES string of the molecule is CC(Cn1ccnc1)NCc1coc2ccccc12. The van der Waals surface area contributed by atoms with Crippen molar-refractivity contribution in [3.05, 3.63) is 54.8 Å². The van der Waals surface area contributed by atoms with Crippen LogP contribution in [0.1, 0.15) is 12.5 Å². The topological polar surface area (TPSA) is 43.0 Å². The Kier molecular flexibility index (Phi) is 3.33. The summed E-state index contributed by atoms with van der Waals surface area (Å²) in [5, 5.41) is 4.69. The van der Waals surface area contributed by atoms with Gasteiger partial charge >= 0.3 is 0 Å². The molecule has 0 amide bonds. The number of fused-ring (bicyclic) bond motifs is 1. The number of nitrogens with zero attached hydrogens (tertiary/aromatic N) is 2. The summed E-state index contributed by atoms with van der Waals surface area (Å²) in [6.45, 7) is 3.89. The molecule has 0 spiro atoms. The third-order valence-corrected chi connectivity index (χ3v) is 3.25. The van der Waals surface area contributed by atoms with E-state index in [4.69, 9.17) is 4.42 Å². The van der Waals surface area contributed by atoms with Crippen molar-refractivity contribution in [3.8, 4) is 0 Å². The van der Waals surface area contributed by atoms with E-state index in [2.05, 4.69) is 27.9 Å². The first-order valence-corrected chi connectivity index (χ1v) is 6.47. The van der Waals surface area contributed by atoms with E-state index in [0.29, 0.717) is 6.04 Å². The van der Waals surface area contributed by atoms with Gasteiger partial charge in [0.15, 0.2) is 0 Å². The van der Waals surface area contributed by atoms with E-state index < -0.39 is 0 Å². The van der Waals surface area contributed by atoms with Crippen LogP contribution in [0.25, 0.3) is 11.0 Å². The van der Waals surface area contributed by atoms with E-state index in [9.17, 15) is 0 Å². The lowest BCUT2D eigenvalue weighted by molar-refractivity contribution is 0.474. The van der Waals surface area contributed by atoms with Crippen molar-refractivity contribution in [1.82, 2.24) is 14.9 Å². The maximum atomic E-state index is 5.53. The number of imidazole rings is 1. The molecule has 0 aliphatic carbocycles. The van der Waals surface area contributed by atoms with Gasteiger partial charge in [0, 0.05) is 42.5 Å². The fourth-order valence-corrected chi connectivity index (χ4v) is 2.23. The van der Waals surface area contributed by atoms with Crippen molar-refractivity contribution in [1.29, 1.82) is 0 Å². The molecule has 3 aromatic rings. The molecular formula is C15H17N3O. The molecule has 19 heavy (non-hydrogen) atoms. The van der Waals surface area contributed by atoms with Crippen molar-refractivity contribution in [2.45, 2.75) is 26.1 Å². The highest BCUT2D eigenvalue weighted by Crippen LogP contribution is 2.20. The molecule has 2 heterocycles. The molecule has 1 unspecified atom stereocenters. The van der Waals surface area contributed by atoms with Crippen LogP contribution in [0.5, 0.6) is 0 Å². The highest BCUT2D eigenvalue weighted by molar-refractivity contribution is 5.80. The summed E-state index contributed by atoms with van der Waals surface area (Å²) in [5.74, 6) is 0. The number of hydrogen-bond acceptors (Lipinski definition) is 3. The van der Waals surface area contributed by atoms with Gasteiger partial charge in [-0.2, -0.15) is 0 Å². The zero-order valence-corrected chi connectivity index (χ0v) is 10.9. The number of benzene rings is 1. The van der Waals surface area contributed by atoms with Crippen molar-refractivity contribution < 1.29 is 4.42 Å². The third-order valence-electron chi connectivity index (χ3n) is 3.25. The van der Waals surface area contributed by atoms with E-state index >= 15 is 0 Å². The third kappa shape index (κ3) is 2.69. The minimum Gasteiger partial charge on any atom is -0.464 e. The largest absolute Gasteiger partial charge is 0.464 e. The van der Waals surface area contributed by atoms with Crippen LogP contribution in [0.4, 0.5) is 0 Å². The van der Waals surface area contributed by atoms with Gasteiger partial charge in [0.05, 0.1) is 12.6 Å². The Balaban J connectivity index is 1.62. The molecule has 0 saturated heterocycles. The van der Waals surface area contributed by atoms with Gasteiger partial charge in [0.2, 0.25) is 0 Å². The summed E-state index contributed by atoms with van der Waals surface area (Å²) in [5.41, 5.74) is 2.15. The Bertz CT molecular complexity index is 642. The normalized spacial score (nSPS) is 12.9. The predicted molar refractivity (Wildman–Crippen MR) is 74.7 cm³/mol. The number of nitrogens with one attached hydrogen (secondary N) is 1. The number of rotatable bonds is 5. The molecule has 0 aliphatic rings. The van der Waals surface area contributed by atoms with Crippen LogP contribution in [0.15, 0.2) is 53.7 Å². The number of para-hydroxylation sites is 1. The number of furan rings is 1. The summed E-state index contributed by atoms with van der Waals surface area (Å²) < 4.78 is 7.61. The van der Waals surface area contributed by atoms with Gasteiger partial charge in [0.25, 0.3) is 0 Å². The van der Waals surface area contributed by atoms with Crippen LogP contribution in [-0.2, 0) is 13.1 Å². The van der Waals surface area contributed by atoms with Gasteiger partial charge in [-0.15, -0.1) is 0 Å². The zero-order valence-electron chi connectivity index (χ0n) is 10.9. The van der Waals surface area contributed by atoms with Gasteiger partial charge in [-0.3, -0.25) is 0 Å². The van der Waals surface area contributed by atoms with Gasteiger partial charge in [-0.1, -0.05) is 18.2 Å². The van der Waals surface area contributed by atoms with E-state index in [1.807, 2.05) is 37.0 Å². The van der Waals surface area contributed by atoms with Gasteiger partial charge in [-0.25, -0.2) is 4.98 Å². The maximum Gasteiger partial charge on any atom is 0.134 e. The van der Waals surface area contributed by atoms with Gasteiger partial charge < -0.3 is 14.3 Å². The second-order valence-electron chi connectivity index (χ2n) is 4.80. The molecule has 1 N–H and O–H groups in total. The van der Waals surface area contributed by atoms with E-state index in [1.54, 1.807) is 6.20 Å². The molecular weight excluding hydrogens is 238 g/mol. The van der Waals surface area contributed by atoms with E-state index in [-0.39, 0.29) is 0 Å². The minimum atomic E-state index is 0.378. The Labute approximate surface area is 112 Å². The van der Waals surface area contributed by atoms with Crippen LogP contribution in [0.2, 0.25) is 0 Å². The van der Waals surface area contributed by atoms with Crippen LogP contribution < -0.4 is 5.32 Å². The number of hydrogen-bond donors (Lipinski definition) is 1. The van der Waals surface area contributed by atoms with Crippen LogP contribution in [-0.4, -0.2) is 15.6 Å². The Morgan fingerprint density at radius 2 is 2.26 bits per heavy atom. The molecule has 1 aromatic carbocycles. The van der Waals surface area contributed by atoms with Crippen molar-refractivity contribution >= 4 is 11.0 Å². The molecule has 0 bridgehead atoms. The summed E-state index contributed by atoms with van der Waals surface area (Å²) >= 11 is 0. The van der Waals surface area contributed by atoms with Crippen LogP contribution >= 0.6 is 0 Å². The second kappa shape index (κ2) is 5.28. The average Bonchev–Trinajstić information content (AvgIpc) is 3.05. The molecule has 4 heteroatoms. The predicted octanol–water partition coefficient (Wildman–Crippen LogP) is 2.81. The minimum absolute atomic E-state index is 0.378. The zero-order chi connectivity index (χ0) is 13.1. The monoisotopic (exact) mass is 255 g/mol. The standard InChI is InChI=1S/C15H17N3O/c1-12(9-18-7-6-16-11-18)17-8-13-10-19-15-5-3-2-4-14(13)15/h2-7,10-12,17H,8-9H2,1H3. The molecule has 0 fully saturated rings. The first-order valence-electron chi connectivity index (χ1n) is 6.47. The summed E-state index contributed by atoms with van der Waals surface area (Å²) in [4.78, 5) is 4.05. The summed E-state index contributed by atoms with van der Waals surface area (Å²) in [7, 11) is 0. The lowest BCUT2D eigenvalue weighted by atomic mass is 10.1. The quantitative estimate of drug-likeness (QED) is 0.762. The summed E-state index contributed by atoms with van der Waals surface area (Å²) in [6, 6.07) is 8.49. The van der Waals surface area contributed by atoms with Crippen LogP contribution in [0.3, 0.4) is 0 Å². The molecule has 3 rings (SSSR count). The molecule has 98 valence electrons. The van der Waals surface area contributed by atoms with Crippen LogP contribution in [0, 0.1) is 0 Å². The highest BCUT2D eigenvalue weighted by atomic mass is 16.3. The van der Waals surface area contributed by atoms with Gasteiger partial charge in [0.1, 0.15) is 5.58 Å². The Hall–Kier alpha value is -2.07. The molecule has 1 atom stereocenters. The average molecular weight is 255 g/mol.